The zero-order valence-electron chi connectivity index (χ0n) is 12.3. The van der Waals surface area contributed by atoms with Crippen molar-refractivity contribution in [3.63, 3.8) is 0 Å². The lowest BCUT2D eigenvalue weighted by atomic mass is 10.3. The molecule has 0 saturated carbocycles. The van der Waals surface area contributed by atoms with Gasteiger partial charge >= 0.3 is 0 Å². The van der Waals surface area contributed by atoms with Crippen molar-refractivity contribution >= 4 is 21.4 Å². The van der Waals surface area contributed by atoms with Gasteiger partial charge in [-0.3, -0.25) is 4.90 Å². The molecule has 2 aliphatic rings. The molecular formula is C14H22N2O3S2. The quantitative estimate of drug-likeness (QED) is 0.837. The third-order valence-electron chi connectivity index (χ3n) is 4.34. The van der Waals surface area contributed by atoms with Gasteiger partial charge in [-0.15, -0.1) is 11.3 Å². The number of rotatable bonds is 4. The van der Waals surface area contributed by atoms with Gasteiger partial charge in [0.2, 0.25) is 10.0 Å². The fourth-order valence-electron chi connectivity index (χ4n) is 3.06. The molecule has 1 aromatic heterocycles. The molecule has 2 aliphatic heterocycles. The van der Waals surface area contributed by atoms with Gasteiger partial charge in [-0.25, -0.2) is 8.42 Å². The van der Waals surface area contributed by atoms with Gasteiger partial charge in [-0.2, -0.15) is 4.31 Å². The van der Waals surface area contributed by atoms with E-state index in [4.69, 9.17) is 4.74 Å². The van der Waals surface area contributed by atoms with Gasteiger partial charge < -0.3 is 4.74 Å². The lowest BCUT2D eigenvalue weighted by molar-refractivity contribution is 0.124. The fraction of sp³-hybridized carbons (Fsp3) is 0.714. The highest BCUT2D eigenvalue weighted by molar-refractivity contribution is 7.89. The predicted molar refractivity (Wildman–Crippen MR) is 83.9 cm³/mol. The van der Waals surface area contributed by atoms with Gasteiger partial charge in [0.1, 0.15) is 5.25 Å². The summed E-state index contributed by atoms with van der Waals surface area (Å²) in [7, 11) is -3.21. The minimum atomic E-state index is -3.21. The Morgan fingerprint density at radius 1 is 1.33 bits per heavy atom. The maximum absolute atomic E-state index is 12.7. The molecular weight excluding hydrogens is 308 g/mol. The van der Waals surface area contributed by atoms with Crippen LogP contribution in [0, 0.1) is 0 Å². The Bertz CT molecular complexity index is 551. The highest BCUT2D eigenvalue weighted by atomic mass is 32.2. The molecule has 0 bridgehead atoms. The van der Waals surface area contributed by atoms with E-state index in [0.29, 0.717) is 26.1 Å². The molecule has 0 aromatic carbocycles. The van der Waals surface area contributed by atoms with Crippen LogP contribution in [0.4, 0.5) is 0 Å². The van der Waals surface area contributed by atoms with Crippen LogP contribution < -0.4 is 0 Å². The number of ether oxygens (including phenoxy) is 1. The first kappa shape index (κ1) is 15.4. The van der Waals surface area contributed by atoms with Crippen molar-refractivity contribution in [1.82, 2.24) is 9.21 Å². The Hall–Kier alpha value is -0.470. The van der Waals surface area contributed by atoms with Gasteiger partial charge in [0.05, 0.1) is 6.10 Å². The van der Waals surface area contributed by atoms with Crippen LogP contribution in [0.2, 0.25) is 0 Å². The molecule has 1 aromatic rings. The lowest BCUT2D eigenvalue weighted by Gasteiger charge is -2.35. The summed E-state index contributed by atoms with van der Waals surface area (Å²) >= 11 is 1.75. The number of nitrogens with zero attached hydrogens (tertiary/aromatic N) is 2. The van der Waals surface area contributed by atoms with Crippen LogP contribution in [0.25, 0.3) is 0 Å². The van der Waals surface area contributed by atoms with E-state index in [1.54, 1.807) is 15.6 Å². The van der Waals surface area contributed by atoms with Crippen molar-refractivity contribution < 1.29 is 13.2 Å². The van der Waals surface area contributed by atoms with E-state index >= 15 is 0 Å². The van der Waals surface area contributed by atoms with E-state index in [9.17, 15) is 8.42 Å². The van der Waals surface area contributed by atoms with Crippen LogP contribution in [0.5, 0.6) is 0 Å². The summed E-state index contributed by atoms with van der Waals surface area (Å²) in [6.45, 7) is 6.15. The van der Waals surface area contributed by atoms with Gasteiger partial charge in [0, 0.05) is 44.2 Å². The van der Waals surface area contributed by atoms with Crippen molar-refractivity contribution in [2.24, 2.45) is 0 Å². The van der Waals surface area contributed by atoms with Crippen LogP contribution in [0.1, 0.15) is 18.2 Å². The largest absolute Gasteiger partial charge is 0.377 e. The minimum absolute atomic E-state index is 0.181. The SMILES string of the molecule is CC1OCCC1S(=O)(=O)N1CCN(Cc2cccs2)CC1. The first-order valence-electron chi connectivity index (χ1n) is 7.42. The second-order valence-corrected chi connectivity index (χ2v) is 8.89. The summed E-state index contributed by atoms with van der Waals surface area (Å²) in [4.78, 5) is 3.66. The average molecular weight is 330 g/mol. The van der Waals surface area contributed by atoms with Crippen LogP contribution in [0.15, 0.2) is 17.5 Å². The van der Waals surface area contributed by atoms with Gasteiger partial charge in [-0.05, 0) is 24.8 Å². The van der Waals surface area contributed by atoms with Crippen LogP contribution in [-0.4, -0.2) is 61.8 Å². The maximum atomic E-state index is 12.7. The van der Waals surface area contributed by atoms with E-state index in [0.717, 1.165) is 19.6 Å². The molecule has 0 N–H and O–H groups in total. The molecule has 3 heterocycles. The van der Waals surface area contributed by atoms with E-state index in [2.05, 4.69) is 22.4 Å². The molecule has 118 valence electrons. The molecule has 2 saturated heterocycles. The average Bonchev–Trinajstić information content (AvgIpc) is 3.11. The first-order chi connectivity index (χ1) is 10.1. The van der Waals surface area contributed by atoms with E-state index in [-0.39, 0.29) is 11.4 Å². The Morgan fingerprint density at radius 3 is 2.67 bits per heavy atom. The molecule has 21 heavy (non-hydrogen) atoms. The third-order valence-corrected chi connectivity index (χ3v) is 7.67. The van der Waals surface area contributed by atoms with E-state index in [1.807, 2.05) is 6.92 Å². The number of sulfonamides is 1. The second kappa shape index (κ2) is 6.34. The van der Waals surface area contributed by atoms with E-state index in [1.165, 1.54) is 4.88 Å². The maximum Gasteiger partial charge on any atom is 0.219 e. The first-order valence-corrected chi connectivity index (χ1v) is 9.81. The molecule has 3 rings (SSSR count). The molecule has 2 unspecified atom stereocenters. The molecule has 2 atom stereocenters. The Morgan fingerprint density at radius 2 is 2.10 bits per heavy atom. The van der Waals surface area contributed by atoms with Gasteiger partial charge in [0.25, 0.3) is 0 Å². The smallest absolute Gasteiger partial charge is 0.219 e. The summed E-state index contributed by atoms with van der Waals surface area (Å²) in [6.07, 6.45) is 0.443. The highest BCUT2D eigenvalue weighted by Crippen LogP contribution is 2.25. The Balaban J connectivity index is 1.57. The van der Waals surface area contributed by atoms with Crippen molar-refractivity contribution in [1.29, 1.82) is 0 Å². The lowest BCUT2D eigenvalue weighted by Crippen LogP contribution is -2.51. The topological polar surface area (TPSA) is 49.9 Å². The van der Waals surface area contributed by atoms with Gasteiger partial charge in [0.15, 0.2) is 0 Å². The molecule has 0 radical (unpaired) electrons. The molecule has 0 amide bonds. The number of hydrogen-bond acceptors (Lipinski definition) is 5. The summed E-state index contributed by atoms with van der Waals surface area (Å²) in [5.74, 6) is 0. The monoisotopic (exact) mass is 330 g/mol. The van der Waals surface area contributed by atoms with Crippen molar-refractivity contribution in [2.45, 2.75) is 31.2 Å². The number of thiophene rings is 1. The number of hydrogen-bond donors (Lipinski definition) is 0. The molecule has 7 heteroatoms. The van der Waals surface area contributed by atoms with Crippen molar-refractivity contribution in [3.8, 4) is 0 Å². The summed E-state index contributed by atoms with van der Waals surface area (Å²) in [5.41, 5.74) is 0. The highest BCUT2D eigenvalue weighted by Gasteiger charge is 2.40. The van der Waals surface area contributed by atoms with Crippen molar-refractivity contribution in [2.75, 3.05) is 32.8 Å². The minimum Gasteiger partial charge on any atom is -0.377 e. The van der Waals surface area contributed by atoms with Crippen LogP contribution in [0.3, 0.4) is 0 Å². The Kier molecular flexibility index (Phi) is 4.66. The zero-order valence-corrected chi connectivity index (χ0v) is 13.9. The number of piperazine rings is 1. The van der Waals surface area contributed by atoms with Crippen LogP contribution in [-0.2, 0) is 21.3 Å². The van der Waals surface area contributed by atoms with Crippen LogP contribution >= 0.6 is 11.3 Å². The normalized spacial score (nSPS) is 29.0. The van der Waals surface area contributed by atoms with E-state index < -0.39 is 10.0 Å². The standard InChI is InChI=1S/C14H22N2O3S2/c1-12-14(4-9-19-12)21(17,18)16-7-5-15(6-8-16)11-13-3-2-10-20-13/h2-3,10,12,14H,4-9,11H2,1H3. The van der Waals surface area contributed by atoms with Gasteiger partial charge in [-0.1, -0.05) is 6.07 Å². The molecule has 0 aliphatic carbocycles. The fourth-order valence-corrected chi connectivity index (χ4v) is 5.82. The molecule has 2 fully saturated rings. The Labute approximate surface area is 130 Å². The summed E-state index contributed by atoms with van der Waals surface area (Å²) < 4.78 is 32.4. The predicted octanol–water partition coefficient (Wildman–Crippen LogP) is 1.37. The summed E-state index contributed by atoms with van der Waals surface area (Å²) in [5, 5.41) is 1.72. The summed E-state index contributed by atoms with van der Waals surface area (Å²) in [6, 6.07) is 4.19. The second-order valence-electron chi connectivity index (χ2n) is 5.70. The molecule has 0 spiro atoms. The third kappa shape index (κ3) is 3.32. The molecule has 5 nitrogen and oxygen atoms in total. The van der Waals surface area contributed by atoms with Crippen molar-refractivity contribution in [3.05, 3.63) is 22.4 Å². The zero-order chi connectivity index (χ0) is 14.9.